The molecule has 0 aromatic carbocycles. The van der Waals surface area contributed by atoms with Gasteiger partial charge in [0.2, 0.25) is 10.3 Å². The number of nitrogens with zero attached hydrogens (tertiary/aromatic N) is 5. The molecule has 1 saturated heterocycles. The van der Waals surface area contributed by atoms with Crippen molar-refractivity contribution in [3.05, 3.63) is 0 Å². The Kier molecular flexibility index (Phi) is 3.69. The van der Waals surface area contributed by atoms with Crippen LogP contribution < -0.4 is 14.9 Å². The van der Waals surface area contributed by atoms with Crippen LogP contribution in [0.25, 0.3) is 0 Å². The molecule has 94 valence electrons. The van der Waals surface area contributed by atoms with Crippen LogP contribution in [0.1, 0.15) is 0 Å². The lowest BCUT2D eigenvalue weighted by molar-refractivity contribution is 0.257. The van der Waals surface area contributed by atoms with Crippen molar-refractivity contribution in [2.75, 3.05) is 42.4 Å². The standard InChI is InChI=1S/C8H14N6OS2/c1-12-2-4-13(5-3-12)7-10-11-8(17-7)14(16)6(9)15/h16H,2-5H2,1H3,(H2,9,15). The molecule has 0 saturated carbocycles. The van der Waals surface area contributed by atoms with Crippen LogP contribution in [0.2, 0.25) is 0 Å². The van der Waals surface area contributed by atoms with Crippen molar-refractivity contribution in [1.82, 2.24) is 15.1 Å². The molecule has 0 spiro atoms. The van der Waals surface area contributed by atoms with Gasteiger partial charge < -0.3 is 15.5 Å². The van der Waals surface area contributed by atoms with Crippen molar-refractivity contribution < 1.29 is 4.79 Å². The minimum Gasteiger partial charge on any atom is -0.350 e. The number of nitrogens with two attached hydrogens (primary N) is 1. The molecule has 1 aromatic heterocycles. The fraction of sp³-hybridized carbons (Fsp3) is 0.625. The van der Waals surface area contributed by atoms with Crippen molar-refractivity contribution >= 4 is 40.4 Å². The first-order valence-corrected chi connectivity index (χ1v) is 6.35. The Morgan fingerprint density at radius 3 is 2.65 bits per heavy atom. The lowest BCUT2D eigenvalue weighted by Gasteiger charge is -2.31. The van der Waals surface area contributed by atoms with Gasteiger partial charge in [-0.15, -0.1) is 10.2 Å². The molecule has 2 rings (SSSR count). The molecular weight excluding hydrogens is 260 g/mol. The van der Waals surface area contributed by atoms with E-state index in [9.17, 15) is 4.79 Å². The number of urea groups is 1. The Balaban J connectivity index is 2.05. The predicted molar refractivity (Wildman–Crippen MR) is 70.7 cm³/mol. The van der Waals surface area contributed by atoms with E-state index < -0.39 is 6.03 Å². The summed E-state index contributed by atoms with van der Waals surface area (Å²) < 4.78 is 0.997. The number of primary amides is 1. The zero-order valence-corrected chi connectivity index (χ0v) is 11.1. The first-order chi connectivity index (χ1) is 8.08. The van der Waals surface area contributed by atoms with Crippen molar-refractivity contribution in [3.8, 4) is 0 Å². The van der Waals surface area contributed by atoms with Gasteiger partial charge in [-0.1, -0.05) is 24.2 Å². The smallest absolute Gasteiger partial charge is 0.331 e. The first kappa shape index (κ1) is 12.4. The summed E-state index contributed by atoms with van der Waals surface area (Å²) in [5.74, 6) is 0. The van der Waals surface area contributed by atoms with Gasteiger partial charge in [0.25, 0.3) is 0 Å². The second-order valence-corrected chi connectivity index (χ2v) is 5.14. The Morgan fingerprint density at radius 2 is 2.06 bits per heavy atom. The maximum absolute atomic E-state index is 10.9. The summed E-state index contributed by atoms with van der Waals surface area (Å²) in [7, 11) is 2.09. The summed E-state index contributed by atoms with van der Waals surface area (Å²) in [5.41, 5.74) is 5.10. The number of carbonyl (C=O) groups excluding carboxylic acids is 1. The van der Waals surface area contributed by atoms with Crippen LogP contribution in [0.15, 0.2) is 0 Å². The molecule has 0 aliphatic carbocycles. The molecule has 17 heavy (non-hydrogen) atoms. The number of piperazine rings is 1. The lowest BCUT2D eigenvalue weighted by atomic mass is 10.3. The number of hydrogen-bond donors (Lipinski definition) is 2. The molecule has 2 heterocycles. The molecule has 0 atom stereocenters. The van der Waals surface area contributed by atoms with Crippen LogP contribution in [-0.2, 0) is 0 Å². The summed E-state index contributed by atoms with van der Waals surface area (Å²) in [6.45, 7) is 3.81. The molecule has 0 radical (unpaired) electrons. The highest BCUT2D eigenvalue weighted by Crippen LogP contribution is 2.28. The van der Waals surface area contributed by atoms with E-state index in [1.54, 1.807) is 0 Å². The molecule has 0 unspecified atom stereocenters. The number of anilines is 2. The fourth-order valence-electron chi connectivity index (χ4n) is 1.51. The molecule has 9 heteroatoms. The number of thiol groups is 1. The molecule has 1 fully saturated rings. The van der Waals surface area contributed by atoms with E-state index in [0.29, 0.717) is 5.13 Å². The zero-order chi connectivity index (χ0) is 12.4. The molecule has 7 nitrogen and oxygen atoms in total. The molecular formula is C8H14N6OS2. The normalized spacial score (nSPS) is 17.2. The van der Waals surface area contributed by atoms with Crippen LogP contribution in [0, 0.1) is 0 Å². The average Bonchev–Trinajstić information content (AvgIpc) is 2.78. The van der Waals surface area contributed by atoms with Gasteiger partial charge in [-0.25, -0.2) is 9.10 Å². The van der Waals surface area contributed by atoms with Crippen molar-refractivity contribution in [3.63, 3.8) is 0 Å². The van der Waals surface area contributed by atoms with Gasteiger partial charge in [0.1, 0.15) is 0 Å². The zero-order valence-electron chi connectivity index (χ0n) is 9.41. The average molecular weight is 274 g/mol. The monoisotopic (exact) mass is 274 g/mol. The maximum atomic E-state index is 10.9. The second-order valence-electron chi connectivity index (χ2n) is 3.81. The van der Waals surface area contributed by atoms with Gasteiger partial charge in [-0.2, -0.15) is 0 Å². The quantitative estimate of drug-likeness (QED) is 0.743. The maximum Gasteiger partial charge on any atom is 0.331 e. The Bertz CT molecular complexity index is 402. The molecule has 1 aliphatic rings. The molecule has 1 aromatic rings. The molecule has 2 N–H and O–H groups in total. The van der Waals surface area contributed by atoms with Crippen molar-refractivity contribution in [1.29, 1.82) is 0 Å². The third-order valence-electron chi connectivity index (χ3n) is 2.57. The molecule has 2 amide bonds. The van der Waals surface area contributed by atoms with Gasteiger partial charge >= 0.3 is 6.03 Å². The van der Waals surface area contributed by atoms with E-state index in [4.69, 9.17) is 5.73 Å². The third kappa shape index (κ3) is 2.79. The third-order valence-corrected chi connectivity index (χ3v) is 4.06. The topological polar surface area (TPSA) is 78.6 Å². The van der Waals surface area contributed by atoms with E-state index in [-0.39, 0.29) is 0 Å². The summed E-state index contributed by atoms with van der Waals surface area (Å²) >= 11 is 5.26. The SMILES string of the molecule is CN1CCN(c2nnc(N(S)C(N)=O)s2)CC1. The summed E-state index contributed by atoms with van der Waals surface area (Å²) in [6.07, 6.45) is 0. The van der Waals surface area contributed by atoms with E-state index in [1.807, 2.05) is 0 Å². The van der Waals surface area contributed by atoms with Gasteiger partial charge in [-0.05, 0) is 7.05 Å². The van der Waals surface area contributed by atoms with Gasteiger partial charge in [0, 0.05) is 26.2 Å². The lowest BCUT2D eigenvalue weighted by Crippen LogP contribution is -2.44. The summed E-state index contributed by atoms with van der Waals surface area (Å²) in [6, 6.07) is -0.658. The highest BCUT2D eigenvalue weighted by Gasteiger charge is 2.20. The van der Waals surface area contributed by atoms with E-state index in [2.05, 4.69) is 39.9 Å². The number of aromatic nitrogens is 2. The Hall–Kier alpha value is -1.06. The van der Waals surface area contributed by atoms with Crippen LogP contribution in [0.3, 0.4) is 0 Å². The van der Waals surface area contributed by atoms with Gasteiger partial charge in [-0.3, -0.25) is 0 Å². The van der Waals surface area contributed by atoms with Gasteiger partial charge in [0.05, 0.1) is 0 Å². The fourth-order valence-corrected chi connectivity index (χ4v) is 2.49. The summed E-state index contributed by atoms with van der Waals surface area (Å²) in [5, 5.41) is 9.14. The second kappa shape index (κ2) is 5.07. The number of hydrogen-bond acceptors (Lipinski definition) is 7. The van der Waals surface area contributed by atoms with Crippen molar-refractivity contribution in [2.24, 2.45) is 5.73 Å². The Morgan fingerprint density at radius 1 is 1.41 bits per heavy atom. The number of amides is 2. The van der Waals surface area contributed by atoms with Gasteiger partial charge in [0.15, 0.2) is 0 Å². The molecule has 1 aliphatic heterocycles. The van der Waals surface area contributed by atoms with Crippen LogP contribution >= 0.6 is 24.2 Å². The minimum absolute atomic E-state index is 0.398. The molecule has 0 bridgehead atoms. The highest BCUT2D eigenvalue weighted by atomic mass is 32.1. The van der Waals surface area contributed by atoms with E-state index in [0.717, 1.165) is 35.6 Å². The van der Waals surface area contributed by atoms with E-state index in [1.165, 1.54) is 11.3 Å². The Labute approximate surface area is 109 Å². The largest absolute Gasteiger partial charge is 0.350 e. The van der Waals surface area contributed by atoms with E-state index >= 15 is 0 Å². The van der Waals surface area contributed by atoms with Crippen LogP contribution in [0.5, 0.6) is 0 Å². The number of carbonyl (C=O) groups is 1. The van der Waals surface area contributed by atoms with Crippen LogP contribution in [-0.4, -0.2) is 54.4 Å². The minimum atomic E-state index is -0.658. The predicted octanol–water partition coefficient (Wildman–Crippen LogP) is 0.0198. The number of rotatable bonds is 2. The van der Waals surface area contributed by atoms with Crippen LogP contribution in [0.4, 0.5) is 15.1 Å². The highest BCUT2D eigenvalue weighted by molar-refractivity contribution is 7.83. The first-order valence-electron chi connectivity index (χ1n) is 5.13. The van der Waals surface area contributed by atoms with Crippen molar-refractivity contribution in [2.45, 2.75) is 0 Å². The summed E-state index contributed by atoms with van der Waals surface area (Å²) in [4.78, 5) is 15.3. The number of likely N-dealkylation sites (N-methyl/N-ethyl adjacent to an activating group) is 1.